The maximum atomic E-state index is 13.4. The fraction of sp³-hybridized carbons (Fsp3) is 0.368. The average Bonchev–Trinajstić information content (AvgIpc) is 3.08. The molecule has 2 aromatic rings. The highest BCUT2D eigenvalue weighted by molar-refractivity contribution is 7.89. The number of carbonyl (C=O) groups excluding carboxylic acids is 1. The van der Waals surface area contributed by atoms with Crippen LogP contribution < -0.4 is 14.8 Å². The maximum Gasteiger partial charge on any atom is 0.260 e. The summed E-state index contributed by atoms with van der Waals surface area (Å²) >= 11 is 0. The standard InChI is InChI=1S/C19H23FN4O4S/c1-12-16(20)5-7-18(21-12)22-19(25)15-10-14(4-6-17(15)28-3)29(26,27)23-13-8-9-24(2)11-13/h4-7,10,13,23H,8-9,11H2,1-3H3,(H,21,22,25). The molecule has 10 heteroatoms. The molecule has 2 heterocycles. The van der Waals surface area contributed by atoms with Gasteiger partial charge in [-0.25, -0.2) is 22.5 Å². The van der Waals surface area contributed by atoms with E-state index in [1.807, 2.05) is 11.9 Å². The number of benzene rings is 1. The number of carbonyl (C=O) groups is 1. The molecule has 0 bridgehead atoms. The minimum Gasteiger partial charge on any atom is -0.496 e. The molecule has 1 aromatic carbocycles. The van der Waals surface area contributed by atoms with E-state index in [0.717, 1.165) is 13.0 Å². The Morgan fingerprint density at radius 2 is 2.07 bits per heavy atom. The predicted octanol–water partition coefficient (Wildman–Crippen LogP) is 1.77. The molecule has 1 saturated heterocycles. The molecule has 1 aromatic heterocycles. The molecule has 1 aliphatic heterocycles. The number of aromatic nitrogens is 1. The van der Waals surface area contributed by atoms with E-state index in [9.17, 15) is 17.6 Å². The zero-order chi connectivity index (χ0) is 21.2. The third-order valence-electron chi connectivity index (χ3n) is 4.70. The van der Waals surface area contributed by atoms with E-state index in [1.54, 1.807) is 0 Å². The van der Waals surface area contributed by atoms with Gasteiger partial charge >= 0.3 is 0 Å². The lowest BCUT2D eigenvalue weighted by Crippen LogP contribution is -2.36. The summed E-state index contributed by atoms with van der Waals surface area (Å²) in [6, 6.07) is 6.40. The number of likely N-dealkylation sites (tertiary alicyclic amines) is 1. The van der Waals surface area contributed by atoms with Gasteiger partial charge in [-0.1, -0.05) is 0 Å². The number of aryl methyl sites for hydroxylation is 1. The zero-order valence-corrected chi connectivity index (χ0v) is 17.2. The van der Waals surface area contributed by atoms with E-state index in [4.69, 9.17) is 4.74 Å². The lowest BCUT2D eigenvalue weighted by Gasteiger charge is -2.15. The van der Waals surface area contributed by atoms with Crippen LogP contribution in [0.25, 0.3) is 0 Å². The molecule has 0 spiro atoms. The van der Waals surface area contributed by atoms with Crippen LogP contribution in [-0.2, 0) is 10.0 Å². The predicted molar refractivity (Wildman–Crippen MR) is 106 cm³/mol. The van der Waals surface area contributed by atoms with Crippen LogP contribution in [0.4, 0.5) is 10.2 Å². The number of methoxy groups -OCH3 is 1. The monoisotopic (exact) mass is 422 g/mol. The summed E-state index contributed by atoms with van der Waals surface area (Å²) in [4.78, 5) is 18.7. The second-order valence-electron chi connectivity index (χ2n) is 6.95. The lowest BCUT2D eigenvalue weighted by molar-refractivity contribution is 0.102. The molecule has 1 fully saturated rings. The van der Waals surface area contributed by atoms with Gasteiger partial charge in [0, 0.05) is 12.6 Å². The molecule has 156 valence electrons. The van der Waals surface area contributed by atoms with E-state index >= 15 is 0 Å². The fourth-order valence-electron chi connectivity index (χ4n) is 3.15. The molecule has 29 heavy (non-hydrogen) atoms. The van der Waals surface area contributed by atoms with Crippen molar-refractivity contribution < 1.29 is 22.3 Å². The summed E-state index contributed by atoms with van der Waals surface area (Å²) in [5.41, 5.74) is 0.166. The van der Waals surface area contributed by atoms with E-state index in [-0.39, 0.29) is 33.8 Å². The molecule has 0 aliphatic carbocycles. The number of likely N-dealkylation sites (N-methyl/N-ethyl adjacent to an activating group) is 1. The molecule has 8 nitrogen and oxygen atoms in total. The van der Waals surface area contributed by atoms with Gasteiger partial charge in [0.25, 0.3) is 5.91 Å². The number of hydrogen-bond donors (Lipinski definition) is 2. The first-order valence-corrected chi connectivity index (χ1v) is 10.5. The summed E-state index contributed by atoms with van der Waals surface area (Å²) in [5, 5.41) is 2.54. The summed E-state index contributed by atoms with van der Waals surface area (Å²) in [7, 11) is -0.503. The van der Waals surface area contributed by atoms with Crippen molar-refractivity contribution in [1.29, 1.82) is 0 Å². The number of pyridine rings is 1. The Bertz CT molecular complexity index is 1030. The van der Waals surface area contributed by atoms with Gasteiger partial charge in [0.15, 0.2) is 0 Å². The van der Waals surface area contributed by atoms with Crippen molar-refractivity contribution in [3.05, 3.63) is 47.4 Å². The Balaban J connectivity index is 1.86. The van der Waals surface area contributed by atoms with Crippen LogP contribution in [0.1, 0.15) is 22.5 Å². The van der Waals surface area contributed by atoms with Gasteiger partial charge in [-0.05, 0) is 57.3 Å². The zero-order valence-electron chi connectivity index (χ0n) is 16.4. The third-order valence-corrected chi connectivity index (χ3v) is 6.22. The van der Waals surface area contributed by atoms with Crippen molar-refractivity contribution in [2.24, 2.45) is 0 Å². The SMILES string of the molecule is COc1ccc(S(=O)(=O)NC2CCN(C)C2)cc1C(=O)Nc1ccc(F)c(C)n1. The Labute approximate surface area is 169 Å². The second kappa shape index (κ2) is 8.44. The first kappa shape index (κ1) is 21.2. The van der Waals surface area contributed by atoms with Crippen molar-refractivity contribution in [2.75, 3.05) is 32.6 Å². The minimum absolute atomic E-state index is 0.0303. The number of rotatable bonds is 6. The Morgan fingerprint density at radius 1 is 1.31 bits per heavy atom. The quantitative estimate of drug-likeness (QED) is 0.736. The summed E-state index contributed by atoms with van der Waals surface area (Å²) in [5.74, 6) is -0.743. The number of anilines is 1. The largest absolute Gasteiger partial charge is 0.496 e. The van der Waals surface area contributed by atoms with Gasteiger partial charge in [0.05, 0.1) is 23.3 Å². The lowest BCUT2D eigenvalue weighted by atomic mass is 10.2. The molecule has 0 saturated carbocycles. The van der Waals surface area contributed by atoms with Crippen LogP contribution in [-0.4, -0.2) is 57.5 Å². The van der Waals surface area contributed by atoms with Crippen molar-refractivity contribution in [3.8, 4) is 5.75 Å². The third kappa shape index (κ3) is 4.89. The first-order valence-electron chi connectivity index (χ1n) is 9.03. The Kier molecular flexibility index (Phi) is 6.15. The van der Waals surface area contributed by atoms with E-state index in [0.29, 0.717) is 6.54 Å². The second-order valence-corrected chi connectivity index (χ2v) is 8.66. The van der Waals surface area contributed by atoms with Crippen LogP contribution in [0.5, 0.6) is 5.75 Å². The van der Waals surface area contributed by atoms with Crippen molar-refractivity contribution in [3.63, 3.8) is 0 Å². The molecule has 1 aliphatic rings. The number of nitrogens with zero attached hydrogens (tertiary/aromatic N) is 2. The van der Waals surface area contributed by atoms with Crippen LogP contribution in [0.15, 0.2) is 35.2 Å². The molecule has 1 unspecified atom stereocenters. The van der Waals surface area contributed by atoms with Gasteiger partial charge < -0.3 is 15.0 Å². The summed E-state index contributed by atoms with van der Waals surface area (Å²) < 4.78 is 46.8. The number of nitrogens with one attached hydrogen (secondary N) is 2. The average molecular weight is 422 g/mol. The number of amides is 1. The summed E-state index contributed by atoms with van der Waals surface area (Å²) in [6.45, 7) is 2.91. The molecule has 2 N–H and O–H groups in total. The van der Waals surface area contributed by atoms with Crippen LogP contribution in [0.3, 0.4) is 0 Å². The number of sulfonamides is 1. The van der Waals surface area contributed by atoms with Crippen molar-refractivity contribution in [2.45, 2.75) is 24.3 Å². The molecule has 0 radical (unpaired) electrons. The smallest absolute Gasteiger partial charge is 0.260 e. The molecular weight excluding hydrogens is 399 g/mol. The first-order chi connectivity index (χ1) is 13.7. The van der Waals surface area contributed by atoms with Gasteiger partial charge in [0.1, 0.15) is 17.4 Å². The molecule has 1 atom stereocenters. The van der Waals surface area contributed by atoms with Crippen molar-refractivity contribution >= 4 is 21.7 Å². The minimum atomic E-state index is -3.81. The molecule has 1 amide bonds. The molecule has 3 rings (SSSR count). The van der Waals surface area contributed by atoms with Gasteiger partial charge in [0.2, 0.25) is 10.0 Å². The van der Waals surface area contributed by atoms with E-state index < -0.39 is 21.7 Å². The number of hydrogen-bond acceptors (Lipinski definition) is 6. The van der Waals surface area contributed by atoms with Crippen LogP contribution in [0, 0.1) is 12.7 Å². The number of halogens is 1. The van der Waals surface area contributed by atoms with E-state index in [2.05, 4.69) is 15.0 Å². The normalized spacial score (nSPS) is 17.3. The maximum absolute atomic E-state index is 13.4. The van der Waals surface area contributed by atoms with E-state index in [1.165, 1.54) is 44.4 Å². The van der Waals surface area contributed by atoms with Gasteiger partial charge in [-0.2, -0.15) is 0 Å². The van der Waals surface area contributed by atoms with Crippen molar-refractivity contribution in [1.82, 2.24) is 14.6 Å². The molecular formula is C19H23FN4O4S. The highest BCUT2D eigenvalue weighted by atomic mass is 32.2. The van der Waals surface area contributed by atoms with Gasteiger partial charge in [-0.3, -0.25) is 4.79 Å². The number of ether oxygens (including phenoxy) is 1. The highest BCUT2D eigenvalue weighted by Crippen LogP contribution is 2.24. The van der Waals surface area contributed by atoms with Crippen LogP contribution in [0.2, 0.25) is 0 Å². The Hall–Kier alpha value is -2.56. The van der Waals surface area contributed by atoms with Gasteiger partial charge in [-0.15, -0.1) is 0 Å². The topological polar surface area (TPSA) is 101 Å². The Morgan fingerprint density at radius 3 is 2.69 bits per heavy atom. The summed E-state index contributed by atoms with van der Waals surface area (Å²) in [6.07, 6.45) is 0.717. The van der Waals surface area contributed by atoms with Crippen LogP contribution >= 0.6 is 0 Å². The highest BCUT2D eigenvalue weighted by Gasteiger charge is 2.27. The fourth-order valence-corrected chi connectivity index (χ4v) is 4.44.